The summed E-state index contributed by atoms with van der Waals surface area (Å²) in [4.78, 5) is 4.68. The van der Waals surface area contributed by atoms with Crippen molar-refractivity contribution < 1.29 is 0 Å². The van der Waals surface area contributed by atoms with Crippen molar-refractivity contribution in [1.82, 2.24) is 18.7 Å². The first kappa shape index (κ1) is 82.7. The number of pyridine rings is 1. The lowest BCUT2D eigenvalue weighted by Crippen LogP contribution is -1.94. The molecule has 32 rings (SSSR count). The van der Waals surface area contributed by atoms with Crippen LogP contribution in [0.5, 0.6) is 0 Å². The van der Waals surface area contributed by atoms with E-state index in [1.54, 1.807) is 0 Å². The van der Waals surface area contributed by atoms with Crippen LogP contribution in [0, 0.1) is 34.0 Å². The van der Waals surface area contributed by atoms with Gasteiger partial charge in [-0.25, -0.2) is 0 Å². The molecule has 0 saturated carbocycles. The highest BCUT2D eigenvalue weighted by Gasteiger charge is 2.27. The quantitative estimate of drug-likeness (QED) is 0.120. The van der Waals surface area contributed by atoms with Crippen LogP contribution in [0.15, 0.2) is 479 Å². The second kappa shape index (κ2) is 32.5. The molecule has 0 N–H and O–H groups in total. The highest BCUT2D eigenvalue weighted by Crippen LogP contribution is 2.52. The van der Waals surface area contributed by atoms with E-state index in [0.717, 1.165) is 88.7 Å². The summed E-state index contributed by atoms with van der Waals surface area (Å²) in [6.45, 7) is 0. The Balaban J connectivity index is 0.000000102. The van der Waals surface area contributed by atoms with Crippen LogP contribution in [0.2, 0.25) is 0 Å². The van der Waals surface area contributed by atoms with Gasteiger partial charge in [-0.2, -0.15) is 15.8 Å². The molecule has 0 aliphatic heterocycles. The van der Waals surface area contributed by atoms with Crippen LogP contribution in [0.25, 0.3) is 301 Å². The van der Waals surface area contributed by atoms with E-state index in [4.69, 9.17) is 0 Å². The summed E-state index contributed by atoms with van der Waals surface area (Å²) < 4.78 is 6.94. The van der Waals surface area contributed by atoms with Crippen LogP contribution in [-0.2, 0) is 0 Å². The minimum atomic E-state index is 0.668. The van der Waals surface area contributed by atoms with E-state index < -0.39 is 0 Å². The minimum Gasteiger partial charge on any atom is -0.309 e. The Morgan fingerprint density at radius 2 is 0.395 bits per heavy atom. The van der Waals surface area contributed by atoms with E-state index in [2.05, 4.69) is 449 Å². The van der Waals surface area contributed by atoms with Gasteiger partial charge in [0.15, 0.2) is 0 Å². The molecule has 0 fully saturated rings. The molecule has 0 aliphatic carbocycles. The number of para-hydroxylation sites is 3. The van der Waals surface area contributed by atoms with E-state index in [0.29, 0.717) is 16.7 Å². The predicted molar refractivity (Wildman–Crippen MR) is 615 cm³/mol. The molecule has 0 bridgehead atoms. The van der Waals surface area contributed by atoms with Crippen molar-refractivity contribution >= 4 is 195 Å². The van der Waals surface area contributed by atoms with Gasteiger partial charge in [-0.15, -0.1) is 0 Å². The zero-order chi connectivity index (χ0) is 96.9. The first-order valence-corrected chi connectivity index (χ1v) is 50.0. The molecule has 7 heteroatoms. The second-order valence-electron chi connectivity index (χ2n) is 39.2. The van der Waals surface area contributed by atoms with Gasteiger partial charge in [0.05, 0.1) is 73.7 Å². The Hall–Kier alpha value is -20.1. The van der Waals surface area contributed by atoms with Crippen molar-refractivity contribution in [2.24, 2.45) is 0 Å². The highest BCUT2D eigenvalue weighted by molar-refractivity contribution is 6.33. The monoisotopic (exact) mass is 1860 g/mol. The lowest BCUT2D eigenvalue weighted by Gasteiger charge is -2.16. The van der Waals surface area contributed by atoms with E-state index in [1.165, 1.54) is 212 Å². The third-order valence-electron chi connectivity index (χ3n) is 31.3. The molecule has 0 amide bonds. The van der Waals surface area contributed by atoms with Crippen molar-refractivity contribution in [3.63, 3.8) is 0 Å². The van der Waals surface area contributed by atoms with E-state index in [-0.39, 0.29) is 0 Å². The Kier molecular flexibility index (Phi) is 18.3. The summed E-state index contributed by atoms with van der Waals surface area (Å²) in [6, 6.07) is 178. The smallest absolute Gasteiger partial charge is 0.0992 e. The Labute approximate surface area is 843 Å². The first-order chi connectivity index (χ1) is 72.7. The average Bonchev–Trinajstić information content (AvgIpc) is 1.41. The fourth-order valence-electron chi connectivity index (χ4n) is 24.8. The van der Waals surface area contributed by atoms with Gasteiger partial charge in [-0.1, -0.05) is 352 Å². The van der Waals surface area contributed by atoms with Crippen LogP contribution in [0.4, 0.5) is 0 Å². The van der Waals surface area contributed by atoms with Gasteiger partial charge in [-0.3, -0.25) is 4.98 Å². The second-order valence-corrected chi connectivity index (χ2v) is 39.2. The number of nitriles is 3. The molecule has 32 aromatic rings. The minimum absolute atomic E-state index is 0.668. The third kappa shape index (κ3) is 12.8. The third-order valence-corrected chi connectivity index (χ3v) is 31.3. The van der Waals surface area contributed by atoms with Crippen molar-refractivity contribution in [2.45, 2.75) is 0 Å². The highest BCUT2D eigenvalue weighted by atomic mass is 15.0. The zero-order valence-corrected chi connectivity index (χ0v) is 79.2. The number of benzene rings is 28. The van der Waals surface area contributed by atoms with Gasteiger partial charge in [0, 0.05) is 61.1 Å². The van der Waals surface area contributed by atoms with Crippen LogP contribution < -0.4 is 0 Å². The maximum atomic E-state index is 9.87. The van der Waals surface area contributed by atoms with Crippen LogP contribution in [-0.4, -0.2) is 18.7 Å². The molecule has 0 saturated heterocycles. The number of hydrogen-bond donors (Lipinski definition) is 0. The fraction of sp³-hybridized carbons (Fsp3) is 0. The van der Waals surface area contributed by atoms with E-state index in [1.807, 2.05) is 66.9 Å². The molecule has 4 aromatic heterocycles. The van der Waals surface area contributed by atoms with Crippen LogP contribution >= 0.6 is 0 Å². The van der Waals surface area contributed by atoms with Gasteiger partial charge in [-0.05, 0) is 328 Å². The maximum Gasteiger partial charge on any atom is 0.0992 e. The van der Waals surface area contributed by atoms with Gasteiger partial charge in [0.1, 0.15) is 0 Å². The lowest BCUT2D eigenvalue weighted by molar-refractivity contribution is 1.18. The normalized spacial score (nSPS) is 11.9. The summed E-state index contributed by atoms with van der Waals surface area (Å²) in [7, 11) is 0. The Morgan fingerprint density at radius 1 is 0.156 bits per heavy atom. The molecule has 0 radical (unpaired) electrons. The van der Waals surface area contributed by atoms with Gasteiger partial charge >= 0.3 is 0 Å². The number of nitrogens with zero attached hydrogens (tertiary/aromatic N) is 7. The Bertz CT molecular complexity index is 10700. The zero-order valence-electron chi connectivity index (χ0n) is 79.2. The van der Waals surface area contributed by atoms with Crippen molar-refractivity contribution in [3.8, 4) is 124 Å². The molecule has 7 nitrogen and oxygen atoms in total. The summed E-state index contributed by atoms with van der Waals surface area (Å²) in [5.74, 6) is 0. The largest absolute Gasteiger partial charge is 0.309 e. The van der Waals surface area contributed by atoms with Crippen molar-refractivity contribution in [3.05, 3.63) is 496 Å². The lowest BCUT2D eigenvalue weighted by atomic mass is 9.87. The van der Waals surface area contributed by atoms with Crippen LogP contribution in [0.3, 0.4) is 0 Å². The summed E-state index contributed by atoms with van der Waals surface area (Å²) in [6.07, 6.45) is 1.86. The number of aromatic nitrogens is 4. The topological polar surface area (TPSA) is 99.1 Å². The van der Waals surface area contributed by atoms with Crippen molar-refractivity contribution in [2.75, 3.05) is 0 Å². The first-order valence-electron chi connectivity index (χ1n) is 50.0. The summed E-state index contributed by atoms with van der Waals surface area (Å²) in [5, 5.41) is 66.9. The fourth-order valence-corrected chi connectivity index (χ4v) is 24.8. The Morgan fingerprint density at radius 3 is 0.701 bits per heavy atom. The number of rotatable bonds is 11. The molecular formula is C140H79N7. The van der Waals surface area contributed by atoms with Gasteiger partial charge in [0.2, 0.25) is 0 Å². The summed E-state index contributed by atoms with van der Waals surface area (Å²) in [5.41, 5.74) is 30.9. The average molecular weight is 1860 g/mol. The van der Waals surface area contributed by atoms with Gasteiger partial charge in [0.25, 0.3) is 0 Å². The molecule has 0 atom stereocenters. The molecule has 0 unspecified atom stereocenters. The number of hydrogen-bond acceptors (Lipinski definition) is 4. The molecular weight excluding hydrogens is 1780 g/mol. The summed E-state index contributed by atoms with van der Waals surface area (Å²) >= 11 is 0. The standard InChI is InChI=1S/C49H28N2.C48H27N3.C43H24N2/c50-29-30-25-36-15-16-37-27-38(28-45-49(37)48(36)44(26-30)51(45)39-9-5-2-6-10-39)31-11-13-33(14-12-31)41-22-18-35-19-23-42-40(32-7-3-1-4-8-32)21-17-34-20-24-43(41)47(35)46(34)42;49-28-29-24-34-13-14-35-26-36(27-44-48(35)47(34)43(25-29)51(44)37-6-2-1-3-7-37)30-9-11-31(12-10-30)38-19-15-32-18-22-41-39(42-8-4-5-23-50-42)20-16-33-17-21-40(38)45(32)46(33)41;44-25-26-21-32-15-16-33-23-34(24-39-43(33)42(32)38(22-26)45(39)35-7-2-1-3-8-35)27-9-11-28(12-10-27)36-19-17-31-14-13-29-5-4-6-30-18-20-37(36)41(31)40(29)30/h1-28H;1-27H;1-24H. The molecule has 0 spiro atoms. The van der Waals surface area contributed by atoms with Gasteiger partial charge < -0.3 is 13.7 Å². The molecule has 674 valence electrons. The maximum absolute atomic E-state index is 9.87. The SMILES string of the molecule is N#Cc1cc2ccc3cc(-c4ccc(-c5ccc6ccc7c(-c8ccccc8)ccc8ccc5c6c87)cc4)cc4c3c2c(c1)n4-c1ccccc1.N#Cc1cc2ccc3cc(-c4ccc(-c5ccc6ccc7c(-c8ccccn8)ccc8ccc5c6c87)cc4)cc4c3c2c(c1)n4-c1ccccc1.N#Cc1cc2ccc3cc(-c4ccc(-c5ccc6ccc7cccc8ccc5c6c78)cc4)cc4c3c2c(c1)n4-c1ccccc1. The molecule has 28 aromatic carbocycles. The molecule has 4 heterocycles. The predicted octanol–water partition coefficient (Wildman–Crippen LogP) is 37.2. The van der Waals surface area contributed by atoms with Crippen molar-refractivity contribution in [1.29, 1.82) is 15.8 Å². The van der Waals surface area contributed by atoms with E-state index >= 15 is 0 Å². The molecule has 0 aliphatic rings. The van der Waals surface area contributed by atoms with Crippen LogP contribution in [0.1, 0.15) is 16.7 Å². The van der Waals surface area contributed by atoms with E-state index in [9.17, 15) is 15.8 Å². The molecule has 147 heavy (non-hydrogen) atoms.